The third-order valence-electron chi connectivity index (χ3n) is 2.85. The molecule has 2 nitrogen and oxygen atoms in total. The van der Waals surface area contributed by atoms with E-state index in [9.17, 15) is 4.79 Å². The van der Waals surface area contributed by atoms with Crippen LogP contribution in [0.25, 0.3) is 10.9 Å². The Hall–Kier alpha value is -1.52. The topological polar surface area (TPSA) is 30.0 Å². The van der Waals surface area contributed by atoms with Gasteiger partial charge in [0.05, 0.1) is 9.30 Å². The first kappa shape index (κ1) is 12.5. The highest BCUT2D eigenvalue weighted by atomic mass is 79.9. The molecule has 19 heavy (non-hydrogen) atoms. The summed E-state index contributed by atoms with van der Waals surface area (Å²) in [7, 11) is 0. The molecule has 0 spiro atoms. The average Bonchev–Trinajstić information content (AvgIpc) is 2.83. The van der Waals surface area contributed by atoms with Gasteiger partial charge in [-0.3, -0.25) is 4.79 Å². The third-order valence-corrected chi connectivity index (χ3v) is 4.47. The van der Waals surface area contributed by atoms with E-state index in [2.05, 4.69) is 20.9 Å². The summed E-state index contributed by atoms with van der Waals surface area (Å²) in [5, 5.41) is 1.05. The number of rotatable bonds is 3. The number of Topliss-reactive ketones (excluding diaryl/α,β-unsaturated/α-hetero) is 1. The zero-order valence-electron chi connectivity index (χ0n) is 9.97. The Labute approximate surface area is 123 Å². The van der Waals surface area contributed by atoms with Crippen LogP contribution in [-0.2, 0) is 6.42 Å². The standard InChI is InChI=1S/C15H10BrNOS/c16-15-8-6-11(19-15)9-14(18)13-7-5-10-3-1-2-4-12(10)17-13/h1-8H,9H2. The molecule has 94 valence electrons. The van der Waals surface area contributed by atoms with E-state index in [0.29, 0.717) is 12.1 Å². The largest absolute Gasteiger partial charge is 0.292 e. The Kier molecular flexibility index (Phi) is 3.44. The molecule has 4 heteroatoms. The van der Waals surface area contributed by atoms with Gasteiger partial charge in [0.1, 0.15) is 5.69 Å². The lowest BCUT2D eigenvalue weighted by molar-refractivity contribution is 0.0989. The molecule has 2 aromatic heterocycles. The smallest absolute Gasteiger partial charge is 0.186 e. The van der Waals surface area contributed by atoms with Crippen LogP contribution >= 0.6 is 27.3 Å². The number of nitrogens with zero attached hydrogens (tertiary/aromatic N) is 1. The van der Waals surface area contributed by atoms with Crippen LogP contribution < -0.4 is 0 Å². The van der Waals surface area contributed by atoms with Crippen LogP contribution in [0.5, 0.6) is 0 Å². The van der Waals surface area contributed by atoms with E-state index in [4.69, 9.17) is 0 Å². The number of para-hydroxylation sites is 1. The van der Waals surface area contributed by atoms with Gasteiger partial charge in [-0.25, -0.2) is 4.98 Å². The van der Waals surface area contributed by atoms with Crippen molar-refractivity contribution in [3.05, 3.63) is 62.9 Å². The highest BCUT2D eigenvalue weighted by molar-refractivity contribution is 9.11. The summed E-state index contributed by atoms with van der Waals surface area (Å²) >= 11 is 4.98. The van der Waals surface area contributed by atoms with Crippen molar-refractivity contribution < 1.29 is 4.79 Å². The van der Waals surface area contributed by atoms with Crippen LogP contribution in [-0.4, -0.2) is 10.8 Å². The normalized spacial score (nSPS) is 10.8. The summed E-state index contributed by atoms with van der Waals surface area (Å²) in [4.78, 5) is 17.7. The molecule has 0 fully saturated rings. The number of ketones is 1. The highest BCUT2D eigenvalue weighted by Gasteiger charge is 2.10. The number of hydrogen-bond donors (Lipinski definition) is 0. The molecule has 0 saturated carbocycles. The van der Waals surface area contributed by atoms with Gasteiger partial charge in [0.15, 0.2) is 5.78 Å². The number of thiophene rings is 1. The molecule has 1 aromatic carbocycles. The maximum atomic E-state index is 12.2. The van der Waals surface area contributed by atoms with Gasteiger partial charge in [0, 0.05) is 16.7 Å². The molecule has 3 rings (SSSR count). The third kappa shape index (κ3) is 2.74. The minimum atomic E-state index is 0.0557. The fourth-order valence-electron chi connectivity index (χ4n) is 1.92. The van der Waals surface area contributed by atoms with Crippen LogP contribution in [0.2, 0.25) is 0 Å². The molecule has 0 saturated heterocycles. The molecule has 2 heterocycles. The predicted octanol–water partition coefficient (Wildman–Crippen LogP) is 4.48. The second-order valence-electron chi connectivity index (χ2n) is 4.19. The van der Waals surface area contributed by atoms with Crippen LogP contribution in [0, 0.1) is 0 Å². The Balaban J connectivity index is 1.89. The Bertz CT molecular complexity index is 750. The van der Waals surface area contributed by atoms with Crippen molar-refractivity contribution >= 4 is 44.0 Å². The van der Waals surface area contributed by atoms with Gasteiger partial charge in [0.25, 0.3) is 0 Å². The molecule has 3 aromatic rings. The van der Waals surface area contributed by atoms with Gasteiger partial charge in [-0.2, -0.15) is 0 Å². The van der Waals surface area contributed by atoms with Gasteiger partial charge in [-0.1, -0.05) is 24.3 Å². The SMILES string of the molecule is O=C(Cc1ccc(Br)s1)c1ccc2ccccc2n1. The molecular formula is C15H10BrNOS. The van der Waals surface area contributed by atoms with E-state index in [-0.39, 0.29) is 5.78 Å². The average molecular weight is 332 g/mol. The molecule has 0 N–H and O–H groups in total. The van der Waals surface area contributed by atoms with E-state index in [1.165, 1.54) is 0 Å². The van der Waals surface area contributed by atoms with Crippen molar-refractivity contribution in [3.8, 4) is 0 Å². The molecule has 0 aliphatic heterocycles. The van der Waals surface area contributed by atoms with Gasteiger partial charge in [0.2, 0.25) is 0 Å². The van der Waals surface area contributed by atoms with Crippen LogP contribution in [0.4, 0.5) is 0 Å². The minimum absolute atomic E-state index is 0.0557. The van der Waals surface area contributed by atoms with Crippen molar-refractivity contribution in [2.45, 2.75) is 6.42 Å². The first-order valence-electron chi connectivity index (χ1n) is 5.85. The quantitative estimate of drug-likeness (QED) is 0.662. The number of fused-ring (bicyclic) bond motifs is 1. The fourth-order valence-corrected chi connectivity index (χ4v) is 3.40. The minimum Gasteiger partial charge on any atom is -0.292 e. The van der Waals surface area contributed by atoms with Crippen LogP contribution in [0.15, 0.2) is 52.3 Å². The summed E-state index contributed by atoms with van der Waals surface area (Å²) in [5.74, 6) is 0.0557. The highest BCUT2D eigenvalue weighted by Crippen LogP contribution is 2.23. The zero-order chi connectivity index (χ0) is 13.2. The fraction of sp³-hybridized carbons (Fsp3) is 0.0667. The van der Waals surface area contributed by atoms with E-state index < -0.39 is 0 Å². The Morgan fingerprint density at radius 2 is 1.95 bits per heavy atom. The summed E-state index contributed by atoms with van der Waals surface area (Å²) in [6, 6.07) is 15.5. The molecule has 0 aliphatic carbocycles. The van der Waals surface area contributed by atoms with Crippen molar-refractivity contribution in [1.29, 1.82) is 0 Å². The van der Waals surface area contributed by atoms with E-state index >= 15 is 0 Å². The Morgan fingerprint density at radius 1 is 1.11 bits per heavy atom. The van der Waals surface area contributed by atoms with E-state index in [1.54, 1.807) is 17.4 Å². The van der Waals surface area contributed by atoms with Crippen molar-refractivity contribution in [2.24, 2.45) is 0 Å². The Morgan fingerprint density at radius 3 is 2.74 bits per heavy atom. The number of aromatic nitrogens is 1. The van der Waals surface area contributed by atoms with Gasteiger partial charge >= 0.3 is 0 Å². The second kappa shape index (κ2) is 5.23. The van der Waals surface area contributed by atoms with Gasteiger partial charge in [-0.15, -0.1) is 11.3 Å². The molecule has 0 bridgehead atoms. The number of benzene rings is 1. The van der Waals surface area contributed by atoms with Crippen molar-refractivity contribution in [2.75, 3.05) is 0 Å². The van der Waals surface area contributed by atoms with Crippen molar-refractivity contribution in [1.82, 2.24) is 4.98 Å². The van der Waals surface area contributed by atoms with Crippen LogP contribution in [0.3, 0.4) is 0 Å². The predicted molar refractivity (Wildman–Crippen MR) is 81.8 cm³/mol. The lowest BCUT2D eigenvalue weighted by atomic mass is 10.1. The zero-order valence-corrected chi connectivity index (χ0v) is 12.4. The molecule has 0 amide bonds. The summed E-state index contributed by atoms with van der Waals surface area (Å²) < 4.78 is 1.04. The first-order valence-corrected chi connectivity index (χ1v) is 7.46. The van der Waals surface area contributed by atoms with Crippen LogP contribution in [0.1, 0.15) is 15.4 Å². The van der Waals surface area contributed by atoms with Gasteiger partial charge < -0.3 is 0 Å². The van der Waals surface area contributed by atoms with Crippen molar-refractivity contribution in [3.63, 3.8) is 0 Å². The first-order chi connectivity index (χ1) is 9.22. The van der Waals surface area contributed by atoms with Gasteiger partial charge in [-0.05, 0) is 40.2 Å². The summed E-state index contributed by atoms with van der Waals surface area (Å²) in [6.07, 6.45) is 0.404. The number of pyridine rings is 1. The number of hydrogen-bond acceptors (Lipinski definition) is 3. The second-order valence-corrected chi connectivity index (χ2v) is 6.74. The molecule has 0 radical (unpaired) electrons. The lowest BCUT2D eigenvalue weighted by Crippen LogP contribution is -2.04. The number of halogens is 1. The number of carbonyl (C=O) groups is 1. The summed E-state index contributed by atoms with van der Waals surface area (Å²) in [6.45, 7) is 0. The van der Waals surface area contributed by atoms with E-state index in [0.717, 1.165) is 19.6 Å². The van der Waals surface area contributed by atoms with E-state index in [1.807, 2.05) is 42.5 Å². The number of carbonyl (C=O) groups excluding carboxylic acids is 1. The monoisotopic (exact) mass is 331 g/mol. The lowest BCUT2D eigenvalue weighted by Gasteiger charge is -2.01. The summed E-state index contributed by atoms with van der Waals surface area (Å²) in [5.41, 5.74) is 1.39. The molecule has 0 aliphatic rings. The molecule has 0 atom stereocenters. The molecular weight excluding hydrogens is 322 g/mol. The maximum absolute atomic E-state index is 12.2. The maximum Gasteiger partial charge on any atom is 0.186 e. The molecule has 0 unspecified atom stereocenters.